The number of fused-ring (bicyclic) bond motifs is 7. The Morgan fingerprint density at radius 2 is 0.938 bits per heavy atom. The van der Waals surface area contributed by atoms with Crippen LogP contribution in [0.5, 0.6) is 0 Å². The van der Waals surface area contributed by atoms with Crippen molar-refractivity contribution in [1.29, 1.82) is 0 Å². The number of hydrogen-bond acceptors (Lipinski definition) is 3. The topological polar surface area (TPSA) is 6.48 Å². The molecule has 0 bridgehead atoms. The van der Waals surface area contributed by atoms with Gasteiger partial charge in [-0.15, -0.1) is 11.3 Å². The molecule has 228 valence electrons. The van der Waals surface area contributed by atoms with Gasteiger partial charge in [-0.25, -0.2) is 0 Å². The highest BCUT2D eigenvalue weighted by Gasteiger charge is 2.21. The van der Waals surface area contributed by atoms with Crippen LogP contribution in [-0.4, -0.2) is 0 Å². The fourth-order valence-corrected chi connectivity index (χ4v) is 8.29. The molecule has 1 heterocycles. The van der Waals surface area contributed by atoms with Crippen LogP contribution in [-0.2, 0) is 0 Å². The molecule has 0 saturated carbocycles. The number of hydrogen-bond donors (Lipinski definition) is 0. The summed E-state index contributed by atoms with van der Waals surface area (Å²) < 4.78 is 2.64. The van der Waals surface area contributed by atoms with Crippen molar-refractivity contribution in [3.05, 3.63) is 181 Å². The molecule has 0 aliphatic heterocycles. The normalized spacial score (nSPS) is 11.4. The van der Waals surface area contributed by atoms with Gasteiger partial charge in [0.05, 0.1) is 5.69 Å². The van der Waals surface area contributed by atoms with Gasteiger partial charge < -0.3 is 9.80 Å². The van der Waals surface area contributed by atoms with Gasteiger partial charge in [-0.2, -0.15) is 0 Å². The molecule has 9 aromatic rings. The number of anilines is 6. The van der Waals surface area contributed by atoms with Crippen LogP contribution >= 0.6 is 11.3 Å². The van der Waals surface area contributed by atoms with Crippen LogP contribution in [0.1, 0.15) is 5.56 Å². The second-order valence-electron chi connectivity index (χ2n) is 12.3. The van der Waals surface area contributed by atoms with E-state index in [9.17, 15) is 0 Å². The van der Waals surface area contributed by atoms with Crippen molar-refractivity contribution in [2.75, 3.05) is 9.80 Å². The number of benzene rings is 8. The van der Waals surface area contributed by atoms with Crippen LogP contribution in [0, 0.1) is 6.92 Å². The summed E-state index contributed by atoms with van der Waals surface area (Å²) in [6.45, 7) is 2.19. The van der Waals surface area contributed by atoms with Gasteiger partial charge in [0.25, 0.3) is 0 Å². The van der Waals surface area contributed by atoms with Crippen LogP contribution in [0.25, 0.3) is 41.7 Å². The van der Waals surface area contributed by atoms with Gasteiger partial charge in [-0.05, 0) is 96.6 Å². The third-order valence-electron chi connectivity index (χ3n) is 9.22. The first-order valence-electron chi connectivity index (χ1n) is 16.4. The van der Waals surface area contributed by atoms with Crippen LogP contribution in [0.15, 0.2) is 176 Å². The summed E-state index contributed by atoms with van der Waals surface area (Å²) in [7, 11) is 0. The maximum Gasteiger partial charge on any atom is 0.0547 e. The largest absolute Gasteiger partial charge is 0.310 e. The Hall–Kier alpha value is -5.90. The van der Waals surface area contributed by atoms with Crippen molar-refractivity contribution in [2.24, 2.45) is 0 Å². The van der Waals surface area contributed by atoms with Crippen LogP contribution < -0.4 is 9.80 Å². The highest BCUT2D eigenvalue weighted by Crippen LogP contribution is 2.48. The molecule has 0 unspecified atom stereocenters. The van der Waals surface area contributed by atoms with Gasteiger partial charge in [0.1, 0.15) is 0 Å². The quantitative estimate of drug-likeness (QED) is 0.180. The van der Waals surface area contributed by atoms with E-state index in [0.29, 0.717) is 0 Å². The summed E-state index contributed by atoms with van der Waals surface area (Å²) in [4.78, 5) is 4.74. The highest BCUT2D eigenvalue weighted by molar-refractivity contribution is 7.27. The molecular weight excluding hydrogens is 601 g/mol. The zero-order valence-electron chi connectivity index (χ0n) is 26.5. The molecule has 0 radical (unpaired) electrons. The highest BCUT2D eigenvalue weighted by atomic mass is 32.1. The maximum absolute atomic E-state index is 2.43. The molecule has 0 amide bonds. The van der Waals surface area contributed by atoms with Crippen LogP contribution in [0.4, 0.5) is 34.1 Å². The van der Waals surface area contributed by atoms with Crippen molar-refractivity contribution < 1.29 is 0 Å². The van der Waals surface area contributed by atoms with Gasteiger partial charge in [-0.3, -0.25) is 0 Å². The lowest BCUT2D eigenvalue weighted by Crippen LogP contribution is -2.10. The number of aryl methyl sites for hydroxylation is 1. The minimum absolute atomic E-state index is 1.14. The van der Waals surface area contributed by atoms with E-state index < -0.39 is 0 Å². The first-order valence-corrected chi connectivity index (χ1v) is 17.2. The van der Waals surface area contributed by atoms with Gasteiger partial charge >= 0.3 is 0 Å². The fourth-order valence-electron chi connectivity index (χ4n) is 7.07. The zero-order valence-corrected chi connectivity index (χ0v) is 27.4. The summed E-state index contributed by atoms with van der Waals surface area (Å²) in [5.74, 6) is 0. The smallest absolute Gasteiger partial charge is 0.0547 e. The summed E-state index contributed by atoms with van der Waals surface area (Å²) >= 11 is 1.90. The Morgan fingerprint density at radius 1 is 0.396 bits per heavy atom. The summed E-state index contributed by atoms with van der Waals surface area (Å²) in [5.41, 5.74) is 8.14. The second kappa shape index (κ2) is 11.7. The maximum atomic E-state index is 2.43. The molecule has 0 aliphatic rings. The van der Waals surface area contributed by atoms with Crippen molar-refractivity contribution in [1.82, 2.24) is 0 Å². The molecule has 1 aromatic heterocycles. The van der Waals surface area contributed by atoms with Crippen molar-refractivity contribution >= 4 is 87.2 Å². The average molecular weight is 633 g/mol. The van der Waals surface area contributed by atoms with E-state index in [0.717, 1.165) is 28.4 Å². The fraction of sp³-hybridized carbons (Fsp3) is 0.0222. The Balaban J connectivity index is 1.31. The Labute approximate surface area is 284 Å². The lowest BCUT2D eigenvalue weighted by atomic mass is 9.98. The van der Waals surface area contributed by atoms with E-state index in [-0.39, 0.29) is 0 Å². The molecule has 48 heavy (non-hydrogen) atoms. The molecule has 0 atom stereocenters. The zero-order chi connectivity index (χ0) is 32.0. The second-order valence-corrected chi connectivity index (χ2v) is 13.3. The van der Waals surface area contributed by atoms with E-state index in [1.807, 2.05) is 11.3 Å². The van der Waals surface area contributed by atoms with E-state index in [1.165, 1.54) is 53.0 Å². The van der Waals surface area contributed by atoms with E-state index >= 15 is 0 Å². The molecule has 0 N–H and O–H groups in total. The van der Waals surface area contributed by atoms with Crippen LogP contribution in [0.2, 0.25) is 0 Å². The Bertz CT molecular complexity index is 2480. The van der Waals surface area contributed by atoms with Crippen LogP contribution in [0.3, 0.4) is 0 Å². The average Bonchev–Trinajstić information content (AvgIpc) is 3.53. The summed E-state index contributed by atoms with van der Waals surface area (Å²) in [5, 5.41) is 7.65. The molecule has 0 aliphatic carbocycles. The number of para-hydroxylation sites is 4. The molecule has 0 spiro atoms. The van der Waals surface area contributed by atoms with E-state index in [1.54, 1.807) is 0 Å². The first kappa shape index (κ1) is 28.3. The Kier molecular flexibility index (Phi) is 6.92. The third kappa shape index (κ3) is 4.79. The van der Waals surface area contributed by atoms with Gasteiger partial charge in [0, 0.05) is 59.4 Å². The van der Waals surface area contributed by atoms with E-state index in [4.69, 9.17) is 0 Å². The lowest BCUT2D eigenvalue weighted by molar-refractivity contribution is 1.29. The van der Waals surface area contributed by atoms with Gasteiger partial charge in [0.2, 0.25) is 0 Å². The standard InChI is InChI=1S/C45H32N2S/c1-31-22-25-39-40(28-31)45-41(30-42(39)47(35-18-10-4-11-19-35)36-20-12-5-13-21-36)44-38-26-24-37(29-32(38)23-27-43(44)48-45)46(33-14-6-2-7-15-33)34-16-8-3-9-17-34/h2-30H,1H3. The minimum Gasteiger partial charge on any atom is -0.310 e. The lowest BCUT2D eigenvalue weighted by Gasteiger charge is -2.27. The van der Waals surface area contributed by atoms with Gasteiger partial charge in [-0.1, -0.05) is 103 Å². The molecule has 3 heteroatoms. The van der Waals surface area contributed by atoms with Crippen molar-refractivity contribution in [3.8, 4) is 0 Å². The summed E-state index contributed by atoms with van der Waals surface area (Å²) in [6.07, 6.45) is 0. The van der Waals surface area contributed by atoms with Gasteiger partial charge in [0.15, 0.2) is 0 Å². The first-order chi connectivity index (χ1) is 23.7. The van der Waals surface area contributed by atoms with Crippen molar-refractivity contribution in [3.63, 3.8) is 0 Å². The molecule has 9 rings (SSSR count). The minimum atomic E-state index is 1.14. The van der Waals surface area contributed by atoms with E-state index in [2.05, 4.69) is 193 Å². The predicted molar refractivity (Wildman–Crippen MR) is 208 cm³/mol. The number of rotatable bonds is 6. The third-order valence-corrected chi connectivity index (χ3v) is 10.4. The Morgan fingerprint density at radius 3 is 1.52 bits per heavy atom. The monoisotopic (exact) mass is 632 g/mol. The molecule has 2 nitrogen and oxygen atoms in total. The molecule has 0 saturated heterocycles. The SMILES string of the molecule is Cc1ccc2c(N(c3ccccc3)c3ccccc3)cc3c(sc4ccc5cc(N(c6ccccc6)c6ccccc6)ccc5c43)c2c1. The number of thiophene rings is 1. The number of nitrogens with zero attached hydrogens (tertiary/aromatic N) is 2. The molecular formula is C45H32N2S. The van der Waals surface area contributed by atoms with Crippen molar-refractivity contribution in [2.45, 2.75) is 6.92 Å². The molecule has 8 aromatic carbocycles. The molecule has 0 fully saturated rings. The summed E-state index contributed by atoms with van der Waals surface area (Å²) in [6, 6.07) is 63.6. The predicted octanol–water partition coefficient (Wildman–Crippen LogP) is 13.6.